The van der Waals surface area contributed by atoms with Gasteiger partial charge in [-0.2, -0.15) is 0 Å². The number of fused-ring (bicyclic) bond motifs is 3. The van der Waals surface area contributed by atoms with Gasteiger partial charge in [0.15, 0.2) is 5.78 Å². The second kappa shape index (κ2) is 4.91. The van der Waals surface area contributed by atoms with E-state index in [1.165, 1.54) is 0 Å². The van der Waals surface area contributed by atoms with Crippen LogP contribution in [0.25, 0.3) is 0 Å². The number of carbonyl (C=O) groups is 1. The van der Waals surface area contributed by atoms with Gasteiger partial charge < -0.3 is 9.84 Å². The van der Waals surface area contributed by atoms with Crippen molar-refractivity contribution < 1.29 is 14.6 Å². The lowest BCUT2D eigenvalue weighted by molar-refractivity contribution is -0.162. The largest absolute Gasteiger partial charge is 0.394 e. The Bertz CT molecular complexity index is 497. The zero-order chi connectivity index (χ0) is 14.2. The quantitative estimate of drug-likeness (QED) is 0.861. The summed E-state index contributed by atoms with van der Waals surface area (Å²) in [5, 5.41) is 9.87. The second-order valence-electron chi connectivity index (χ2n) is 5.76. The Morgan fingerprint density at radius 2 is 2.20 bits per heavy atom. The highest BCUT2D eigenvalue weighted by atomic mass is 16.5. The fourth-order valence-corrected chi connectivity index (χ4v) is 3.81. The normalized spacial score (nSPS) is 36.3. The molecule has 4 rings (SSSR count). The number of ether oxygens (including phenoxy) is 1. The molecule has 0 amide bonds. The SMILES string of the molecule is COCC1(CO)C(=O)C2(c3cccnc3)CCN1CC2. The molecule has 1 aromatic heterocycles. The van der Waals surface area contributed by atoms with Crippen molar-refractivity contribution in [2.45, 2.75) is 23.8 Å². The van der Waals surface area contributed by atoms with E-state index in [0.717, 1.165) is 31.5 Å². The second-order valence-corrected chi connectivity index (χ2v) is 5.76. The number of hydrogen-bond donors (Lipinski definition) is 1. The van der Waals surface area contributed by atoms with Crippen LogP contribution in [0.5, 0.6) is 0 Å². The molecule has 3 aliphatic heterocycles. The van der Waals surface area contributed by atoms with E-state index in [1.54, 1.807) is 19.5 Å². The summed E-state index contributed by atoms with van der Waals surface area (Å²) < 4.78 is 5.24. The van der Waals surface area contributed by atoms with Gasteiger partial charge >= 0.3 is 0 Å². The van der Waals surface area contributed by atoms with Gasteiger partial charge in [-0.05, 0) is 24.5 Å². The summed E-state index contributed by atoms with van der Waals surface area (Å²) in [7, 11) is 1.57. The molecule has 1 unspecified atom stereocenters. The van der Waals surface area contributed by atoms with E-state index in [4.69, 9.17) is 4.74 Å². The molecule has 0 aliphatic carbocycles. The summed E-state index contributed by atoms with van der Waals surface area (Å²) in [5.41, 5.74) is -0.427. The number of aliphatic hydroxyl groups excluding tert-OH is 1. The Kier molecular flexibility index (Phi) is 3.36. The van der Waals surface area contributed by atoms with Crippen LogP contribution in [0.1, 0.15) is 18.4 Å². The molecule has 0 saturated carbocycles. The van der Waals surface area contributed by atoms with Crippen molar-refractivity contribution in [2.24, 2.45) is 0 Å². The van der Waals surface area contributed by atoms with Gasteiger partial charge in [0.2, 0.25) is 0 Å². The number of piperidine rings is 3. The summed E-state index contributed by atoms with van der Waals surface area (Å²) in [6.45, 7) is 1.67. The molecule has 0 aromatic carbocycles. The number of pyridine rings is 1. The number of carbonyl (C=O) groups excluding carboxylic acids is 1. The Morgan fingerprint density at radius 1 is 1.45 bits per heavy atom. The van der Waals surface area contributed by atoms with Gasteiger partial charge in [-0.15, -0.1) is 0 Å². The first kappa shape index (κ1) is 13.7. The fraction of sp³-hybridized carbons (Fsp3) is 0.600. The molecule has 1 aromatic rings. The van der Waals surface area contributed by atoms with Gasteiger partial charge in [-0.1, -0.05) is 6.07 Å². The number of rotatable bonds is 4. The summed E-state index contributed by atoms with van der Waals surface area (Å²) in [6.07, 6.45) is 5.09. The molecule has 2 bridgehead atoms. The number of aliphatic hydroxyl groups is 1. The predicted molar refractivity (Wildman–Crippen MR) is 73.4 cm³/mol. The maximum atomic E-state index is 13.1. The van der Waals surface area contributed by atoms with E-state index in [-0.39, 0.29) is 19.0 Å². The van der Waals surface area contributed by atoms with Crippen molar-refractivity contribution in [3.05, 3.63) is 30.1 Å². The lowest BCUT2D eigenvalue weighted by Gasteiger charge is -2.57. The average Bonchev–Trinajstić information content (AvgIpc) is 2.52. The minimum atomic E-state index is -0.888. The first-order chi connectivity index (χ1) is 9.69. The molecule has 3 fully saturated rings. The molecule has 20 heavy (non-hydrogen) atoms. The van der Waals surface area contributed by atoms with Crippen LogP contribution in [0.3, 0.4) is 0 Å². The Labute approximate surface area is 118 Å². The number of methoxy groups -OCH3 is 1. The third kappa shape index (κ3) is 1.67. The van der Waals surface area contributed by atoms with Gasteiger partial charge in [0.1, 0.15) is 5.54 Å². The zero-order valence-corrected chi connectivity index (χ0v) is 11.7. The van der Waals surface area contributed by atoms with Crippen LogP contribution in [0, 0.1) is 0 Å². The maximum Gasteiger partial charge on any atom is 0.168 e. The number of aromatic nitrogens is 1. The standard InChI is InChI=1S/C15H20N2O3/c1-20-11-15(10-18)13(19)14(4-7-17(15)8-5-14)12-3-2-6-16-9-12/h2-3,6,9,18H,4-5,7-8,10-11H2,1H3. The van der Waals surface area contributed by atoms with Crippen molar-refractivity contribution in [1.29, 1.82) is 0 Å². The van der Waals surface area contributed by atoms with E-state index in [9.17, 15) is 9.90 Å². The highest BCUT2D eigenvalue weighted by molar-refractivity contribution is 5.99. The highest BCUT2D eigenvalue weighted by Gasteiger charge is 2.60. The van der Waals surface area contributed by atoms with Gasteiger partial charge in [-0.3, -0.25) is 14.7 Å². The molecule has 0 radical (unpaired) electrons. The molecule has 1 atom stereocenters. The number of hydrogen-bond acceptors (Lipinski definition) is 5. The summed E-state index contributed by atoms with van der Waals surface area (Å²) in [4.78, 5) is 19.4. The van der Waals surface area contributed by atoms with Crippen molar-refractivity contribution >= 4 is 5.78 Å². The minimum Gasteiger partial charge on any atom is -0.394 e. The van der Waals surface area contributed by atoms with Crippen molar-refractivity contribution in [3.63, 3.8) is 0 Å². The molecular weight excluding hydrogens is 256 g/mol. The fourth-order valence-electron chi connectivity index (χ4n) is 3.81. The zero-order valence-electron chi connectivity index (χ0n) is 11.7. The first-order valence-corrected chi connectivity index (χ1v) is 7.00. The third-order valence-corrected chi connectivity index (χ3v) is 4.94. The molecule has 3 aliphatic rings. The average molecular weight is 276 g/mol. The van der Waals surface area contributed by atoms with E-state index in [1.807, 2.05) is 12.1 Å². The third-order valence-electron chi connectivity index (χ3n) is 4.94. The van der Waals surface area contributed by atoms with Crippen LogP contribution in [0.15, 0.2) is 24.5 Å². The van der Waals surface area contributed by atoms with Crippen LogP contribution < -0.4 is 0 Å². The summed E-state index contributed by atoms with van der Waals surface area (Å²) in [6, 6.07) is 3.84. The minimum absolute atomic E-state index is 0.0832. The number of Topliss-reactive ketones (excluding diaryl/α,β-unsaturated/α-hetero) is 1. The van der Waals surface area contributed by atoms with E-state index in [0.29, 0.717) is 0 Å². The lowest BCUT2D eigenvalue weighted by Crippen LogP contribution is -2.73. The Hall–Kier alpha value is -1.30. The van der Waals surface area contributed by atoms with E-state index in [2.05, 4.69) is 9.88 Å². The predicted octanol–water partition coefficient (Wildman–Crippen LogP) is 0.375. The summed E-state index contributed by atoms with van der Waals surface area (Å²) >= 11 is 0. The monoisotopic (exact) mass is 276 g/mol. The molecule has 108 valence electrons. The Morgan fingerprint density at radius 3 is 2.75 bits per heavy atom. The van der Waals surface area contributed by atoms with Gasteiger partial charge in [0, 0.05) is 32.6 Å². The van der Waals surface area contributed by atoms with Crippen molar-refractivity contribution in [1.82, 2.24) is 9.88 Å². The van der Waals surface area contributed by atoms with E-state index >= 15 is 0 Å². The highest BCUT2D eigenvalue weighted by Crippen LogP contribution is 2.46. The smallest absolute Gasteiger partial charge is 0.168 e. The van der Waals surface area contributed by atoms with Crippen LogP contribution in [-0.2, 0) is 14.9 Å². The maximum absolute atomic E-state index is 13.1. The summed E-state index contributed by atoms with van der Waals surface area (Å²) in [5.74, 6) is 0.0832. The van der Waals surface area contributed by atoms with Crippen molar-refractivity contribution in [2.75, 3.05) is 33.4 Å². The molecule has 5 nitrogen and oxygen atoms in total. The molecule has 1 N–H and O–H groups in total. The van der Waals surface area contributed by atoms with Crippen LogP contribution in [0.2, 0.25) is 0 Å². The molecule has 5 heteroatoms. The van der Waals surface area contributed by atoms with E-state index < -0.39 is 11.0 Å². The topological polar surface area (TPSA) is 62.7 Å². The number of nitrogens with zero attached hydrogens (tertiary/aromatic N) is 2. The van der Waals surface area contributed by atoms with Gasteiger partial charge in [-0.25, -0.2) is 0 Å². The lowest BCUT2D eigenvalue weighted by atomic mass is 9.60. The van der Waals surface area contributed by atoms with Crippen LogP contribution >= 0.6 is 0 Å². The number of ketones is 1. The van der Waals surface area contributed by atoms with Crippen LogP contribution in [0.4, 0.5) is 0 Å². The molecule has 4 heterocycles. The Balaban J connectivity index is 2.07. The van der Waals surface area contributed by atoms with Crippen LogP contribution in [-0.4, -0.2) is 59.7 Å². The first-order valence-electron chi connectivity index (χ1n) is 7.00. The molecular formula is C15H20N2O3. The molecule has 3 saturated heterocycles. The van der Waals surface area contributed by atoms with Gasteiger partial charge in [0.05, 0.1) is 18.6 Å². The molecule has 0 spiro atoms. The van der Waals surface area contributed by atoms with Crippen molar-refractivity contribution in [3.8, 4) is 0 Å². The van der Waals surface area contributed by atoms with Gasteiger partial charge in [0.25, 0.3) is 0 Å².